The molecule has 0 spiro atoms. The minimum Gasteiger partial charge on any atom is -0.391 e. The Bertz CT molecular complexity index is 1130. The summed E-state index contributed by atoms with van der Waals surface area (Å²) in [7, 11) is -1.10. The number of aliphatic hydroxyl groups excluding tert-OH is 1. The molecule has 0 bridgehead atoms. The molecular weight excluding hydrogens is 422 g/mol. The number of hydrogen-bond donors (Lipinski definition) is 2. The maximum atomic E-state index is 12.7. The molecule has 0 unspecified atom stereocenters. The number of aliphatic hydroxyl groups is 1. The van der Waals surface area contributed by atoms with E-state index >= 15 is 0 Å². The lowest BCUT2D eigenvalue weighted by Gasteiger charge is -2.45. The number of nitrogens with zero attached hydrogens (tertiary/aromatic N) is 4. The van der Waals surface area contributed by atoms with Crippen LogP contribution in [0.2, 0.25) is 0 Å². The predicted octanol–water partition coefficient (Wildman–Crippen LogP) is 2.53. The first-order valence-corrected chi connectivity index (χ1v) is 12.4. The van der Waals surface area contributed by atoms with E-state index in [9.17, 15) is 9.32 Å². The summed E-state index contributed by atoms with van der Waals surface area (Å²) in [5.74, 6) is 4.45. The van der Waals surface area contributed by atoms with E-state index < -0.39 is 22.4 Å². The molecule has 2 aliphatic heterocycles. The molecule has 0 saturated heterocycles. The largest absolute Gasteiger partial charge is 0.391 e. The summed E-state index contributed by atoms with van der Waals surface area (Å²) in [6, 6.07) is 3.88. The number of nitrogens with one attached hydrogen (secondary N) is 1. The van der Waals surface area contributed by atoms with Crippen molar-refractivity contribution in [3.8, 4) is 12.3 Å². The minimum absolute atomic E-state index is 0.391. The molecule has 5 rings (SSSR count). The highest BCUT2D eigenvalue weighted by Gasteiger charge is 2.43. The normalized spacial score (nSPS) is 22.3. The molecule has 2 N–H and O–H groups in total. The number of rotatable bonds is 5. The average molecular weight is 450 g/mol. The second kappa shape index (κ2) is 8.30. The zero-order valence-electron chi connectivity index (χ0n) is 18.2. The SMILES string of the molecule is C#Cc1ccc(C2=CCN(c3nc4c(c(NC5([C@H](C)O)CCC5)n3)[S@@](=O)CC4)CC2)nc1. The molecule has 1 fully saturated rings. The molecule has 0 radical (unpaired) electrons. The summed E-state index contributed by atoms with van der Waals surface area (Å²) in [5, 5.41) is 13.9. The first-order chi connectivity index (χ1) is 15.5. The van der Waals surface area contributed by atoms with Crippen molar-refractivity contribution in [2.24, 2.45) is 0 Å². The van der Waals surface area contributed by atoms with E-state index in [4.69, 9.17) is 16.4 Å². The van der Waals surface area contributed by atoms with Gasteiger partial charge in [0.15, 0.2) is 0 Å². The number of aryl methyl sites for hydroxylation is 1. The molecule has 8 heteroatoms. The van der Waals surface area contributed by atoms with E-state index in [0.717, 1.165) is 49.2 Å². The predicted molar refractivity (Wildman–Crippen MR) is 126 cm³/mol. The van der Waals surface area contributed by atoms with Crippen molar-refractivity contribution in [3.05, 3.63) is 41.4 Å². The van der Waals surface area contributed by atoms with Crippen LogP contribution in [0.15, 0.2) is 29.3 Å². The Morgan fingerprint density at radius 1 is 1.31 bits per heavy atom. The first kappa shape index (κ1) is 21.1. The van der Waals surface area contributed by atoms with Gasteiger partial charge in [0, 0.05) is 37.0 Å². The molecule has 0 aromatic carbocycles. The minimum atomic E-state index is -1.10. The number of hydrogen-bond acceptors (Lipinski definition) is 7. The molecule has 1 saturated carbocycles. The molecule has 3 aliphatic rings. The molecular formula is C24H27N5O2S. The third-order valence-electron chi connectivity index (χ3n) is 6.84. The Morgan fingerprint density at radius 2 is 2.16 bits per heavy atom. The van der Waals surface area contributed by atoms with Crippen molar-refractivity contribution in [2.45, 2.75) is 55.6 Å². The molecule has 0 amide bonds. The summed E-state index contributed by atoms with van der Waals surface area (Å²) in [6.07, 6.45) is 13.1. The molecule has 2 aromatic rings. The van der Waals surface area contributed by atoms with Crippen LogP contribution >= 0.6 is 0 Å². The van der Waals surface area contributed by atoms with Crippen LogP contribution in [0.4, 0.5) is 11.8 Å². The number of fused-ring (bicyclic) bond motifs is 1. The van der Waals surface area contributed by atoms with Gasteiger partial charge in [-0.3, -0.25) is 9.19 Å². The zero-order chi connectivity index (χ0) is 22.3. The number of aromatic nitrogens is 3. The highest BCUT2D eigenvalue weighted by molar-refractivity contribution is 7.85. The van der Waals surface area contributed by atoms with Crippen LogP contribution in [-0.2, 0) is 17.2 Å². The smallest absolute Gasteiger partial charge is 0.227 e. The first-order valence-electron chi connectivity index (χ1n) is 11.1. The fourth-order valence-electron chi connectivity index (χ4n) is 4.60. The van der Waals surface area contributed by atoms with Crippen molar-refractivity contribution in [2.75, 3.05) is 29.1 Å². The highest BCUT2D eigenvalue weighted by atomic mass is 32.2. The zero-order valence-corrected chi connectivity index (χ0v) is 19.0. The van der Waals surface area contributed by atoms with E-state index in [2.05, 4.69) is 27.2 Å². The lowest BCUT2D eigenvalue weighted by molar-refractivity contribution is 0.0631. The van der Waals surface area contributed by atoms with Crippen molar-refractivity contribution < 1.29 is 9.32 Å². The van der Waals surface area contributed by atoms with E-state index in [1.54, 1.807) is 6.20 Å². The maximum absolute atomic E-state index is 12.7. The summed E-state index contributed by atoms with van der Waals surface area (Å²) < 4.78 is 12.7. The van der Waals surface area contributed by atoms with Gasteiger partial charge in [0.2, 0.25) is 5.95 Å². The third kappa shape index (κ3) is 3.70. The quantitative estimate of drug-likeness (QED) is 0.678. The Hall–Kier alpha value is -2.76. The van der Waals surface area contributed by atoms with Crippen LogP contribution in [0.25, 0.3) is 5.57 Å². The number of pyridine rings is 1. The van der Waals surface area contributed by atoms with Gasteiger partial charge in [-0.1, -0.05) is 12.0 Å². The van der Waals surface area contributed by atoms with E-state index in [0.29, 0.717) is 35.4 Å². The number of anilines is 2. The van der Waals surface area contributed by atoms with Crippen LogP contribution in [-0.4, -0.2) is 54.8 Å². The third-order valence-corrected chi connectivity index (χ3v) is 8.30. The Kier molecular flexibility index (Phi) is 5.48. The van der Waals surface area contributed by atoms with Crippen molar-refractivity contribution in [1.29, 1.82) is 0 Å². The van der Waals surface area contributed by atoms with Gasteiger partial charge in [0.25, 0.3) is 0 Å². The monoisotopic (exact) mass is 449 g/mol. The van der Waals surface area contributed by atoms with Crippen LogP contribution in [0, 0.1) is 12.3 Å². The summed E-state index contributed by atoms with van der Waals surface area (Å²) in [5.41, 5.74) is 3.37. The molecule has 1 aliphatic carbocycles. The average Bonchev–Trinajstić information content (AvgIpc) is 3.17. The topological polar surface area (TPSA) is 91.2 Å². The molecule has 7 nitrogen and oxygen atoms in total. The Balaban J connectivity index is 1.41. The van der Waals surface area contributed by atoms with Crippen LogP contribution in [0.1, 0.15) is 49.6 Å². The van der Waals surface area contributed by atoms with Gasteiger partial charge >= 0.3 is 0 Å². The van der Waals surface area contributed by atoms with Gasteiger partial charge in [0.05, 0.1) is 33.8 Å². The van der Waals surface area contributed by atoms with Gasteiger partial charge in [-0.2, -0.15) is 4.98 Å². The fraction of sp³-hybridized carbons (Fsp3) is 0.458. The van der Waals surface area contributed by atoms with Crippen LogP contribution in [0.3, 0.4) is 0 Å². The lowest BCUT2D eigenvalue weighted by atomic mass is 9.73. The van der Waals surface area contributed by atoms with Gasteiger partial charge in [-0.05, 0) is 50.3 Å². The summed E-state index contributed by atoms with van der Waals surface area (Å²) in [6.45, 7) is 3.26. The van der Waals surface area contributed by atoms with Crippen LogP contribution < -0.4 is 10.2 Å². The van der Waals surface area contributed by atoms with E-state index in [1.165, 1.54) is 5.57 Å². The fourth-order valence-corrected chi connectivity index (χ4v) is 5.91. The van der Waals surface area contributed by atoms with Crippen molar-refractivity contribution in [3.63, 3.8) is 0 Å². The van der Waals surface area contributed by atoms with Crippen molar-refractivity contribution >= 4 is 28.1 Å². The molecule has 32 heavy (non-hydrogen) atoms. The second-order valence-electron chi connectivity index (χ2n) is 8.76. The summed E-state index contributed by atoms with van der Waals surface area (Å²) in [4.78, 5) is 16.9. The summed E-state index contributed by atoms with van der Waals surface area (Å²) >= 11 is 0. The maximum Gasteiger partial charge on any atom is 0.227 e. The molecule has 2 atom stereocenters. The lowest BCUT2D eigenvalue weighted by Crippen LogP contribution is -2.53. The molecule has 166 valence electrons. The standard InChI is InChI=1S/C24H27N5O2S/c1-3-17-5-6-19(25-15-17)18-7-12-29(13-8-18)23-26-20-9-14-32(31)21(20)22(27-23)28-24(16(2)30)10-4-11-24/h1,5-7,15-16,30H,4,8-14H2,2H3,(H,26,27,28)/t16-,32-/m0/s1. The van der Waals surface area contributed by atoms with Crippen molar-refractivity contribution in [1.82, 2.24) is 15.0 Å². The Morgan fingerprint density at radius 3 is 2.75 bits per heavy atom. The van der Waals surface area contributed by atoms with Gasteiger partial charge in [-0.25, -0.2) is 4.98 Å². The van der Waals surface area contributed by atoms with E-state index in [-0.39, 0.29) is 0 Å². The second-order valence-corrected chi connectivity index (χ2v) is 10.3. The molecule has 2 aromatic heterocycles. The van der Waals surface area contributed by atoms with Gasteiger partial charge in [-0.15, -0.1) is 6.42 Å². The molecule has 4 heterocycles. The highest BCUT2D eigenvalue weighted by Crippen LogP contribution is 2.40. The van der Waals surface area contributed by atoms with Gasteiger partial charge < -0.3 is 15.3 Å². The van der Waals surface area contributed by atoms with E-state index in [1.807, 2.05) is 19.1 Å². The number of terminal acetylenes is 1. The van der Waals surface area contributed by atoms with Crippen LogP contribution in [0.5, 0.6) is 0 Å². The Labute approximate surface area is 190 Å². The van der Waals surface area contributed by atoms with Gasteiger partial charge in [0.1, 0.15) is 10.7 Å².